The third-order valence-corrected chi connectivity index (χ3v) is 4.78. The fraction of sp³-hybridized carbons (Fsp3) is 0.529. The molecule has 1 aliphatic heterocycles. The molecule has 0 unspecified atom stereocenters. The molecule has 0 saturated heterocycles. The molecule has 5 nitrogen and oxygen atoms in total. The van der Waals surface area contributed by atoms with Crippen molar-refractivity contribution in [1.82, 2.24) is 5.01 Å². The third-order valence-electron chi connectivity index (χ3n) is 4.78. The standard InChI is InChI=1S/C17H19F3N2O3/c1-11-6-5-9-13-15(11)21-22(16(13,24)17(18,19)20)14(23)10-25-12-7-3-2-4-8-12/h2-4,7-8,11,13,24H,5-6,9-10H2,1H3/t11-,13-,16-/m1/s1. The number of ether oxygens (including phenoxy) is 1. The topological polar surface area (TPSA) is 62.1 Å². The molecule has 8 heteroatoms. The summed E-state index contributed by atoms with van der Waals surface area (Å²) in [6.07, 6.45) is -3.64. The number of amides is 1. The van der Waals surface area contributed by atoms with Gasteiger partial charge in [-0.1, -0.05) is 31.5 Å². The van der Waals surface area contributed by atoms with E-state index in [1.807, 2.05) is 0 Å². The molecule has 1 aromatic carbocycles. The minimum absolute atomic E-state index is 0.141. The zero-order chi connectivity index (χ0) is 18.2. The Bertz CT molecular complexity index is 677. The third kappa shape index (κ3) is 2.99. The van der Waals surface area contributed by atoms with E-state index >= 15 is 0 Å². The number of carbonyl (C=O) groups excluding carboxylic acids is 1. The van der Waals surface area contributed by atoms with Gasteiger partial charge in [0.05, 0.1) is 5.92 Å². The van der Waals surface area contributed by atoms with Gasteiger partial charge < -0.3 is 9.84 Å². The summed E-state index contributed by atoms with van der Waals surface area (Å²) < 4.78 is 46.2. The highest BCUT2D eigenvalue weighted by atomic mass is 19.4. The first kappa shape index (κ1) is 17.7. The molecular weight excluding hydrogens is 337 g/mol. The quantitative estimate of drug-likeness (QED) is 0.906. The fourth-order valence-corrected chi connectivity index (χ4v) is 3.47. The summed E-state index contributed by atoms with van der Waals surface area (Å²) >= 11 is 0. The average molecular weight is 356 g/mol. The van der Waals surface area contributed by atoms with Crippen molar-refractivity contribution in [1.29, 1.82) is 0 Å². The van der Waals surface area contributed by atoms with Gasteiger partial charge in [-0.05, 0) is 30.9 Å². The second-order valence-corrected chi connectivity index (χ2v) is 6.44. The zero-order valence-electron chi connectivity index (χ0n) is 13.7. The number of hydrogen-bond acceptors (Lipinski definition) is 4. The highest BCUT2D eigenvalue weighted by Gasteiger charge is 2.69. The average Bonchev–Trinajstić information content (AvgIpc) is 2.89. The maximum atomic E-state index is 13.7. The summed E-state index contributed by atoms with van der Waals surface area (Å²) in [6.45, 7) is 1.12. The molecule has 0 aromatic heterocycles. The lowest BCUT2D eigenvalue weighted by Gasteiger charge is -2.38. The summed E-state index contributed by atoms with van der Waals surface area (Å²) in [5.41, 5.74) is -3.08. The molecule has 1 fully saturated rings. The lowest BCUT2D eigenvalue weighted by molar-refractivity contribution is -0.317. The van der Waals surface area contributed by atoms with Crippen LogP contribution in [0.2, 0.25) is 0 Å². The van der Waals surface area contributed by atoms with E-state index in [0.717, 1.165) is 0 Å². The van der Waals surface area contributed by atoms with Gasteiger partial charge in [0.1, 0.15) is 5.75 Å². The Balaban J connectivity index is 1.85. The van der Waals surface area contributed by atoms with E-state index in [0.29, 0.717) is 18.6 Å². The number of hydrogen-bond donors (Lipinski definition) is 1. The number of alkyl halides is 3. The van der Waals surface area contributed by atoms with Gasteiger partial charge in [-0.3, -0.25) is 4.79 Å². The highest BCUT2D eigenvalue weighted by molar-refractivity contribution is 5.95. The van der Waals surface area contributed by atoms with Crippen LogP contribution in [0, 0.1) is 11.8 Å². The van der Waals surface area contributed by atoms with Gasteiger partial charge >= 0.3 is 6.18 Å². The number of fused-ring (bicyclic) bond motifs is 1. The van der Waals surface area contributed by atoms with E-state index in [2.05, 4.69) is 5.10 Å². The minimum atomic E-state index is -5.01. The van der Waals surface area contributed by atoms with Crippen LogP contribution in [0.15, 0.2) is 35.4 Å². The molecule has 0 bridgehead atoms. The number of aliphatic hydroxyl groups is 1. The number of hydrazone groups is 1. The Morgan fingerprint density at radius 1 is 1.36 bits per heavy atom. The first-order valence-corrected chi connectivity index (χ1v) is 8.13. The number of halogens is 3. The van der Waals surface area contributed by atoms with Crippen LogP contribution < -0.4 is 4.74 Å². The Labute approximate surface area is 143 Å². The molecule has 1 N–H and O–H groups in total. The molecule has 1 amide bonds. The normalized spacial score (nSPS) is 29.2. The molecule has 3 rings (SSSR count). The lowest BCUT2D eigenvalue weighted by Crippen LogP contribution is -2.62. The van der Waals surface area contributed by atoms with Gasteiger partial charge in [0.15, 0.2) is 6.61 Å². The predicted molar refractivity (Wildman–Crippen MR) is 83.7 cm³/mol. The van der Waals surface area contributed by atoms with Crippen LogP contribution >= 0.6 is 0 Å². The largest absolute Gasteiger partial charge is 0.484 e. The maximum Gasteiger partial charge on any atom is 0.439 e. The number of nitrogens with zero attached hydrogens (tertiary/aromatic N) is 2. The minimum Gasteiger partial charge on any atom is -0.484 e. The van der Waals surface area contributed by atoms with E-state index in [4.69, 9.17) is 4.74 Å². The van der Waals surface area contributed by atoms with E-state index in [9.17, 15) is 23.1 Å². The van der Waals surface area contributed by atoms with Gasteiger partial charge in [0, 0.05) is 5.71 Å². The first-order chi connectivity index (χ1) is 11.7. The summed E-state index contributed by atoms with van der Waals surface area (Å²) in [6, 6.07) is 8.27. The number of carbonyl (C=O) groups is 1. The van der Waals surface area contributed by atoms with E-state index in [-0.39, 0.29) is 23.1 Å². The van der Waals surface area contributed by atoms with Crippen molar-refractivity contribution in [2.45, 2.75) is 38.1 Å². The Morgan fingerprint density at radius 3 is 2.68 bits per heavy atom. The molecule has 0 radical (unpaired) electrons. The zero-order valence-corrected chi connectivity index (χ0v) is 13.7. The van der Waals surface area contributed by atoms with Crippen LogP contribution in [-0.2, 0) is 4.79 Å². The summed E-state index contributed by atoms with van der Waals surface area (Å²) in [5.74, 6) is -2.11. The van der Waals surface area contributed by atoms with Gasteiger partial charge in [0.25, 0.3) is 11.6 Å². The van der Waals surface area contributed by atoms with Crippen molar-refractivity contribution in [3.8, 4) is 5.75 Å². The van der Waals surface area contributed by atoms with Crippen molar-refractivity contribution < 1.29 is 27.8 Å². The van der Waals surface area contributed by atoms with E-state index in [1.165, 1.54) is 0 Å². The highest BCUT2D eigenvalue weighted by Crippen LogP contribution is 2.49. The van der Waals surface area contributed by atoms with E-state index in [1.54, 1.807) is 37.3 Å². The summed E-state index contributed by atoms with van der Waals surface area (Å²) in [5, 5.41) is 14.5. The van der Waals surface area contributed by atoms with Crippen molar-refractivity contribution >= 4 is 11.6 Å². The van der Waals surface area contributed by atoms with Gasteiger partial charge in [-0.25, -0.2) is 0 Å². The van der Waals surface area contributed by atoms with Crippen molar-refractivity contribution in [3.05, 3.63) is 30.3 Å². The number of rotatable bonds is 3. The van der Waals surface area contributed by atoms with Gasteiger partial charge in [-0.2, -0.15) is 23.3 Å². The second kappa shape index (κ2) is 6.33. The molecule has 2 aliphatic rings. The lowest BCUT2D eigenvalue weighted by atomic mass is 9.75. The summed E-state index contributed by atoms with van der Waals surface area (Å²) in [4.78, 5) is 12.4. The molecular formula is C17H19F3N2O3. The van der Waals surface area contributed by atoms with Gasteiger partial charge in [0.2, 0.25) is 0 Å². The van der Waals surface area contributed by atoms with Crippen LogP contribution in [0.1, 0.15) is 26.2 Å². The molecule has 1 heterocycles. The number of benzene rings is 1. The molecule has 0 spiro atoms. The van der Waals surface area contributed by atoms with Crippen molar-refractivity contribution in [2.75, 3.05) is 6.61 Å². The summed E-state index contributed by atoms with van der Waals surface area (Å²) in [7, 11) is 0. The molecule has 136 valence electrons. The molecule has 1 aliphatic carbocycles. The predicted octanol–water partition coefficient (Wildman–Crippen LogP) is 2.95. The van der Waals surface area contributed by atoms with Crippen LogP contribution in [0.3, 0.4) is 0 Å². The van der Waals surface area contributed by atoms with Crippen LogP contribution in [0.5, 0.6) is 5.75 Å². The van der Waals surface area contributed by atoms with Crippen LogP contribution in [0.25, 0.3) is 0 Å². The van der Waals surface area contributed by atoms with Crippen molar-refractivity contribution in [2.24, 2.45) is 16.9 Å². The Kier molecular flexibility index (Phi) is 4.49. The molecule has 1 saturated carbocycles. The number of para-hydroxylation sites is 1. The van der Waals surface area contributed by atoms with Crippen LogP contribution in [0.4, 0.5) is 13.2 Å². The SMILES string of the molecule is C[C@@H]1CCC[C@@H]2C1=NN(C(=O)COc1ccccc1)[C@]2(O)C(F)(F)F. The van der Waals surface area contributed by atoms with Crippen molar-refractivity contribution in [3.63, 3.8) is 0 Å². The molecule has 1 aromatic rings. The Hall–Kier alpha value is -2.09. The van der Waals surface area contributed by atoms with E-state index < -0.39 is 30.3 Å². The fourth-order valence-electron chi connectivity index (χ4n) is 3.47. The smallest absolute Gasteiger partial charge is 0.439 e. The maximum absolute atomic E-state index is 13.7. The van der Waals surface area contributed by atoms with Crippen LogP contribution in [-0.4, -0.2) is 40.2 Å². The Morgan fingerprint density at radius 2 is 2.04 bits per heavy atom. The molecule has 3 atom stereocenters. The molecule has 25 heavy (non-hydrogen) atoms. The second-order valence-electron chi connectivity index (χ2n) is 6.44. The monoisotopic (exact) mass is 356 g/mol. The first-order valence-electron chi connectivity index (χ1n) is 8.13. The van der Waals surface area contributed by atoms with Gasteiger partial charge in [-0.15, -0.1) is 0 Å².